The second-order valence-electron chi connectivity index (χ2n) is 16.1. The Balaban J connectivity index is -0.000000869. The van der Waals surface area contributed by atoms with Gasteiger partial charge in [0.25, 0.3) is 0 Å². The van der Waals surface area contributed by atoms with E-state index < -0.39 is 0 Å². The van der Waals surface area contributed by atoms with Crippen LogP contribution >= 0.6 is 12.6 Å². The fourth-order valence-corrected chi connectivity index (χ4v) is 6.72. The van der Waals surface area contributed by atoms with Gasteiger partial charge in [-0.1, -0.05) is 312 Å². The van der Waals surface area contributed by atoms with Gasteiger partial charge in [0.1, 0.15) is 0 Å². The van der Waals surface area contributed by atoms with Crippen LogP contribution in [0.15, 0.2) is 241 Å². The number of fused-ring (bicyclic) bond motifs is 1. The second kappa shape index (κ2) is 49.4. The molecule has 0 saturated heterocycles. The van der Waals surface area contributed by atoms with E-state index in [2.05, 4.69) is 244 Å². The van der Waals surface area contributed by atoms with Crippen molar-refractivity contribution in [3.05, 3.63) is 286 Å². The Kier molecular flexibility index (Phi) is 47.7. The van der Waals surface area contributed by atoms with Gasteiger partial charge < -0.3 is 0 Å². The monoisotopic (exact) mass is 1020 g/mol. The molecule has 1 atom stereocenters. The van der Waals surface area contributed by atoms with Gasteiger partial charge >= 0.3 is 0 Å². The Morgan fingerprint density at radius 1 is 0.667 bits per heavy atom. The maximum absolute atomic E-state index is 4.60. The molecule has 1 aliphatic carbocycles. The van der Waals surface area contributed by atoms with Crippen LogP contribution in [0.5, 0.6) is 0 Å². The van der Waals surface area contributed by atoms with Crippen molar-refractivity contribution < 1.29 is 0 Å². The second-order valence-corrected chi connectivity index (χ2v) is 16.8. The Morgan fingerprint density at radius 2 is 1.16 bits per heavy atom. The van der Waals surface area contributed by atoms with Crippen molar-refractivity contribution in [3.63, 3.8) is 0 Å². The number of allylic oxidation sites excluding steroid dienone is 12. The number of terminal acetylenes is 1. The van der Waals surface area contributed by atoms with E-state index in [1.165, 1.54) is 66.8 Å². The number of thiol groups is 1. The predicted molar refractivity (Wildman–Crippen MR) is 350 cm³/mol. The first-order valence-corrected chi connectivity index (χ1v) is 27.6. The molecule has 75 heavy (non-hydrogen) atoms. The zero-order valence-corrected chi connectivity index (χ0v) is 50.6. The molecule has 1 aliphatic rings. The molecule has 0 heterocycles. The minimum atomic E-state index is 0.340. The van der Waals surface area contributed by atoms with Gasteiger partial charge in [-0.2, -0.15) is 0 Å². The van der Waals surface area contributed by atoms with Gasteiger partial charge in [-0.05, 0) is 133 Å². The summed E-state index contributed by atoms with van der Waals surface area (Å²) < 4.78 is 0. The average molecular weight is 1020 g/mol. The number of hydrogen-bond donors (Lipinski definition) is 1. The van der Waals surface area contributed by atoms with Crippen LogP contribution in [0.1, 0.15) is 147 Å². The fraction of sp³-hybridized carbons (Fsp3) is 0.270. The predicted octanol–water partition coefficient (Wildman–Crippen LogP) is 23.0. The lowest BCUT2D eigenvalue weighted by atomic mass is 9.93. The molecule has 7 rings (SSSR count). The van der Waals surface area contributed by atoms with E-state index in [0.29, 0.717) is 5.92 Å². The summed E-state index contributed by atoms with van der Waals surface area (Å²) in [6.07, 6.45) is 27.3. The van der Waals surface area contributed by atoms with Crippen molar-refractivity contribution in [2.24, 2.45) is 0 Å². The Bertz CT molecular complexity index is 2540. The van der Waals surface area contributed by atoms with Crippen LogP contribution in [0, 0.1) is 33.1 Å². The first-order chi connectivity index (χ1) is 36.4. The smallest absolute Gasteiger partial charge is 0.000430 e. The zero-order chi connectivity index (χ0) is 57.2. The van der Waals surface area contributed by atoms with Gasteiger partial charge in [0, 0.05) is 0 Å². The van der Waals surface area contributed by atoms with Gasteiger partial charge in [-0.25, -0.2) is 0 Å². The van der Waals surface area contributed by atoms with Crippen molar-refractivity contribution in [2.75, 3.05) is 0 Å². The van der Waals surface area contributed by atoms with E-state index in [0.717, 1.165) is 23.3 Å². The van der Waals surface area contributed by atoms with Crippen LogP contribution in [0.3, 0.4) is 0 Å². The molecule has 0 radical (unpaired) electrons. The molecule has 0 aromatic heterocycles. The van der Waals surface area contributed by atoms with Crippen LogP contribution in [-0.2, 0) is 12.8 Å². The first kappa shape index (κ1) is 72.4. The fourth-order valence-electron chi connectivity index (χ4n) is 6.57. The maximum atomic E-state index is 4.60. The molecule has 0 aliphatic heterocycles. The molecule has 1 heteroatoms. The van der Waals surface area contributed by atoms with Crippen LogP contribution in [0.25, 0.3) is 23.3 Å². The van der Waals surface area contributed by atoms with Crippen LogP contribution in [0.2, 0.25) is 0 Å². The first-order valence-electron chi connectivity index (χ1n) is 27.1. The SMILES string of the molecule is C#CC.C/C=C\c1cc(CC)ccc1C.C=C/C=C\C(=C)/C(C)=C/C(C)c1cccc(-c2ccccc2)c1.CC.CC.CC.CC.C\C(S)=C1/C=C\C=C/c2ccccc2C1.Cc1ccccc1.Cc1ccccc1. The highest BCUT2D eigenvalue weighted by Gasteiger charge is 2.07. The van der Waals surface area contributed by atoms with E-state index in [4.69, 9.17) is 0 Å². The molecule has 6 aromatic carbocycles. The normalized spacial score (nSPS) is 12.3. The lowest BCUT2D eigenvalue weighted by Gasteiger charge is -2.11. The molecule has 400 valence electrons. The molecule has 0 fully saturated rings. The summed E-state index contributed by atoms with van der Waals surface area (Å²) in [4.78, 5) is 1.09. The molecular weight excluding hydrogens is 921 g/mol. The van der Waals surface area contributed by atoms with Crippen molar-refractivity contribution in [2.45, 2.75) is 136 Å². The van der Waals surface area contributed by atoms with Crippen LogP contribution in [-0.4, -0.2) is 0 Å². The summed E-state index contributed by atoms with van der Waals surface area (Å²) in [5, 5.41) is 0. The Hall–Kier alpha value is -6.85. The van der Waals surface area contributed by atoms with E-state index >= 15 is 0 Å². The van der Waals surface area contributed by atoms with Gasteiger partial charge in [0.05, 0.1) is 0 Å². The summed E-state index contributed by atoms with van der Waals surface area (Å²) in [5.41, 5.74) is 16.7. The molecule has 1 unspecified atom stereocenters. The highest BCUT2D eigenvalue weighted by Crippen LogP contribution is 2.27. The molecular formula is C74H98S. The standard InChI is InChI=1S/C23H24.C14H14S.C12H16.2C7H8.C3H4.4C2H6/c1-5-6-11-18(2)19(3)16-20(4)22-14-10-15-23(17-22)21-12-8-7-9-13-21;1-11(15)13-8-4-2-6-12-7-3-5-9-14(12)10-13;1-4-6-12-9-11(5-2)8-7-10(12)3;2*1-7-5-3-2-4-6-7;1-3-2;4*1-2/h5-17,20H,1-2H2,3-4H3;2-9,15H,10H2,1H3;4,6-9H,5H2,1-3H3;2*2-6H,1H3;1H,2H3;4*1-2H3/b11-6-,19-16+;6-2-,8-4-,13-11-;6-4-;;;;;;;. The summed E-state index contributed by atoms with van der Waals surface area (Å²) in [7, 11) is 0. The molecule has 0 bridgehead atoms. The molecule has 0 spiro atoms. The van der Waals surface area contributed by atoms with Gasteiger partial charge in [0.2, 0.25) is 0 Å². The van der Waals surface area contributed by atoms with Crippen LogP contribution in [0.4, 0.5) is 0 Å². The summed E-state index contributed by atoms with van der Waals surface area (Å²) in [5.74, 6) is 2.59. The van der Waals surface area contributed by atoms with E-state index in [1.807, 2.05) is 117 Å². The number of aryl methyl sites for hydroxylation is 4. The minimum absolute atomic E-state index is 0.340. The third-order valence-corrected chi connectivity index (χ3v) is 10.8. The van der Waals surface area contributed by atoms with Crippen molar-refractivity contribution in [3.8, 4) is 23.5 Å². The zero-order valence-electron chi connectivity index (χ0n) is 49.7. The molecule has 0 saturated carbocycles. The van der Waals surface area contributed by atoms with Gasteiger partial charge in [-0.15, -0.1) is 25.0 Å². The summed E-state index contributed by atoms with van der Waals surface area (Å²) >= 11 is 4.42. The average Bonchev–Trinajstić information content (AvgIpc) is 3.45. The molecule has 6 aromatic rings. The molecule has 0 nitrogen and oxygen atoms in total. The lowest BCUT2D eigenvalue weighted by Crippen LogP contribution is -1.94. The largest absolute Gasteiger partial charge is 0.148 e. The van der Waals surface area contributed by atoms with Crippen molar-refractivity contribution >= 4 is 24.8 Å². The lowest BCUT2D eigenvalue weighted by molar-refractivity contribution is 0.956. The molecule has 0 amide bonds. The van der Waals surface area contributed by atoms with E-state index in [1.54, 1.807) is 13.0 Å². The third-order valence-electron chi connectivity index (χ3n) is 10.5. The highest BCUT2D eigenvalue weighted by molar-refractivity contribution is 7.84. The minimum Gasteiger partial charge on any atom is -0.148 e. The van der Waals surface area contributed by atoms with Crippen LogP contribution < -0.4 is 0 Å². The van der Waals surface area contributed by atoms with Gasteiger partial charge in [-0.3, -0.25) is 0 Å². The van der Waals surface area contributed by atoms with E-state index in [9.17, 15) is 0 Å². The molecule has 0 N–H and O–H groups in total. The Labute approximate surface area is 467 Å². The topological polar surface area (TPSA) is 0 Å². The van der Waals surface area contributed by atoms with E-state index in [-0.39, 0.29) is 0 Å². The number of hydrogen-bond acceptors (Lipinski definition) is 1. The van der Waals surface area contributed by atoms with Crippen molar-refractivity contribution in [1.82, 2.24) is 0 Å². The Morgan fingerprint density at radius 3 is 1.64 bits per heavy atom. The summed E-state index contributed by atoms with van der Waals surface area (Å²) in [6, 6.07) is 54.9. The highest BCUT2D eigenvalue weighted by atomic mass is 32.1. The maximum Gasteiger partial charge on any atom is -0.000430 e. The quantitative estimate of drug-likeness (QED) is 0.0877. The van der Waals surface area contributed by atoms with Gasteiger partial charge in [0.15, 0.2) is 0 Å². The number of benzene rings is 6. The van der Waals surface area contributed by atoms with Crippen molar-refractivity contribution in [1.29, 1.82) is 0 Å². The summed E-state index contributed by atoms with van der Waals surface area (Å²) in [6.45, 7) is 42.4. The third kappa shape index (κ3) is 34.3. The number of rotatable bonds is 8.